The number of rotatable bonds is 0. The lowest BCUT2D eigenvalue weighted by molar-refractivity contribution is 0.287. The number of thiocarbonyl (C=S) groups is 1. The molecule has 3 heteroatoms. The van der Waals surface area contributed by atoms with Gasteiger partial charge in [0, 0.05) is 12.7 Å². The van der Waals surface area contributed by atoms with Crippen LogP contribution in [0.15, 0.2) is 11.3 Å². The molecular formula is C9H16N2S. The summed E-state index contributed by atoms with van der Waals surface area (Å²) in [5.41, 5.74) is 2.58. The van der Waals surface area contributed by atoms with Crippen molar-refractivity contribution in [1.82, 2.24) is 10.2 Å². The first-order chi connectivity index (χ1) is 5.37. The van der Waals surface area contributed by atoms with E-state index in [1.54, 1.807) is 0 Å². The van der Waals surface area contributed by atoms with Crippen molar-refractivity contribution < 1.29 is 0 Å². The Morgan fingerprint density at radius 2 is 1.83 bits per heavy atom. The Morgan fingerprint density at radius 1 is 1.33 bits per heavy atom. The summed E-state index contributed by atoms with van der Waals surface area (Å²) in [4.78, 5) is 2.09. The van der Waals surface area contributed by atoms with Gasteiger partial charge < -0.3 is 10.2 Å². The van der Waals surface area contributed by atoms with E-state index in [-0.39, 0.29) is 5.54 Å². The Bertz CT molecular complexity index is 253. The van der Waals surface area contributed by atoms with Gasteiger partial charge in [-0.3, -0.25) is 0 Å². The second kappa shape index (κ2) is 2.73. The predicted molar refractivity (Wildman–Crippen MR) is 55.9 cm³/mol. The predicted octanol–water partition coefficient (Wildman–Crippen LogP) is 1.88. The van der Waals surface area contributed by atoms with Gasteiger partial charge >= 0.3 is 0 Å². The fourth-order valence-corrected chi connectivity index (χ4v) is 1.68. The maximum atomic E-state index is 5.19. The lowest BCUT2D eigenvalue weighted by atomic mass is 9.91. The van der Waals surface area contributed by atoms with E-state index in [0.717, 1.165) is 5.11 Å². The molecule has 0 bridgehead atoms. The largest absolute Gasteiger partial charge is 0.343 e. The van der Waals surface area contributed by atoms with Crippen molar-refractivity contribution in [1.29, 1.82) is 0 Å². The zero-order valence-corrected chi connectivity index (χ0v) is 9.17. The maximum absolute atomic E-state index is 5.19. The molecule has 0 atom stereocenters. The maximum Gasteiger partial charge on any atom is 0.173 e. The van der Waals surface area contributed by atoms with E-state index in [0.29, 0.717) is 0 Å². The average molecular weight is 184 g/mol. The smallest absolute Gasteiger partial charge is 0.173 e. The zero-order valence-electron chi connectivity index (χ0n) is 8.36. The van der Waals surface area contributed by atoms with E-state index in [1.807, 2.05) is 7.05 Å². The van der Waals surface area contributed by atoms with Crippen LogP contribution in [0.3, 0.4) is 0 Å². The first-order valence-corrected chi connectivity index (χ1v) is 4.51. The lowest BCUT2D eigenvalue weighted by Gasteiger charge is -2.43. The Kier molecular flexibility index (Phi) is 2.17. The highest BCUT2D eigenvalue weighted by Crippen LogP contribution is 2.27. The number of hydrogen-bond donors (Lipinski definition) is 1. The molecule has 1 heterocycles. The first kappa shape index (κ1) is 9.52. The van der Waals surface area contributed by atoms with E-state index in [2.05, 4.69) is 37.9 Å². The first-order valence-electron chi connectivity index (χ1n) is 4.10. The summed E-state index contributed by atoms with van der Waals surface area (Å²) in [6.45, 7) is 8.56. The molecule has 1 rings (SSSR count). The number of hydrogen-bond acceptors (Lipinski definition) is 1. The van der Waals surface area contributed by atoms with Crippen molar-refractivity contribution in [3.05, 3.63) is 11.3 Å². The fourth-order valence-electron chi connectivity index (χ4n) is 1.30. The van der Waals surface area contributed by atoms with Crippen molar-refractivity contribution >= 4 is 17.3 Å². The van der Waals surface area contributed by atoms with Crippen LogP contribution in [0, 0.1) is 0 Å². The van der Waals surface area contributed by atoms with Crippen molar-refractivity contribution in [3.8, 4) is 0 Å². The van der Waals surface area contributed by atoms with Gasteiger partial charge in [0.2, 0.25) is 0 Å². The average Bonchev–Trinajstić information content (AvgIpc) is 1.99. The summed E-state index contributed by atoms with van der Waals surface area (Å²) in [7, 11) is 2.02. The SMILES string of the molecule is CC1=C(C)C(C)(C)N(C)C(=S)N1. The van der Waals surface area contributed by atoms with Gasteiger partial charge in [0.1, 0.15) is 0 Å². The van der Waals surface area contributed by atoms with E-state index in [4.69, 9.17) is 12.2 Å². The molecular weight excluding hydrogens is 168 g/mol. The minimum atomic E-state index is 0.0480. The number of nitrogens with one attached hydrogen (secondary N) is 1. The van der Waals surface area contributed by atoms with Gasteiger partial charge in [0.15, 0.2) is 5.11 Å². The molecule has 0 aromatic heterocycles. The second-order valence-corrected chi connectivity index (χ2v) is 4.18. The summed E-state index contributed by atoms with van der Waals surface area (Å²) >= 11 is 5.19. The molecule has 1 aliphatic rings. The minimum absolute atomic E-state index is 0.0480. The van der Waals surface area contributed by atoms with Crippen LogP contribution in [0.1, 0.15) is 27.7 Å². The summed E-state index contributed by atoms with van der Waals surface area (Å²) in [6, 6.07) is 0. The van der Waals surface area contributed by atoms with Crippen LogP contribution in [0.2, 0.25) is 0 Å². The quantitative estimate of drug-likeness (QED) is 0.579. The minimum Gasteiger partial charge on any atom is -0.343 e. The molecule has 12 heavy (non-hydrogen) atoms. The molecule has 68 valence electrons. The highest BCUT2D eigenvalue weighted by atomic mass is 32.1. The van der Waals surface area contributed by atoms with E-state index < -0.39 is 0 Å². The van der Waals surface area contributed by atoms with Crippen molar-refractivity contribution in [3.63, 3.8) is 0 Å². The molecule has 1 aliphatic heterocycles. The molecule has 0 aromatic carbocycles. The van der Waals surface area contributed by atoms with Gasteiger partial charge in [0.25, 0.3) is 0 Å². The second-order valence-electron chi connectivity index (χ2n) is 3.80. The molecule has 1 N–H and O–H groups in total. The molecule has 0 fully saturated rings. The highest BCUT2D eigenvalue weighted by Gasteiger charge is 2.32. The van der Waals surface area contributed by atoms with Crippen LogP contribution in [0.5, 0.6) is 0 Å². The monoisotopic (exact) mass is 184 g/mol. The fraction of sp³-hybridized carbons (Fsp3) is 0.667. The van der Waals surface area contributed by atoms with Gasteiger partial charge in [-0.15, -0.1) is 0 Å². The van der Waals surface area contributed by atoms with E-state index in [1.165, 1.54) is 11.3 Å². The van der Waals surface area contributed by atoms with Crippen LogP contribution in [0.25, 0.3) is 0 Å². The summed E-state index contributed by atoms with van der Waals surface area (Å²) in [5, 5.41) is 3.98. The van der Waals surface area contributed by atoms with Crippen molar-refractivity contribution in [2.24, 2.45) is 0 Å². The number of likely N-dealkylation sites (N-methyl/N-ethyl adjacent to an activating group) is 1. The Balaban J connectivity index is 3.14. The van der Waals surface area contributed by atoms with Gasteiger partial charge in [-0.1, -0.05) is 0 Å². The Morgan fingerprint density at radius 3 is 2.33 bits per heavy atom. The van der Waals surface area contributed by atoms with E-state index >= 15 is 0 Å². The topological polar surface area (TPSA) is 15.3 Å². The van der Waals surface area contributed by atoms with Crippen LogP contribution in [0.4, 0.5) is 0 Å². The highest BCUT2D eigenvalue weighted by molar-refractivity contribution is 7.80. The van der Waals surface area contributed by atoms with Gasteiger partial charge in [-0.2, -0.15) is 0 Å². The summed E-state index contributed by atoms with van der Waals surface area (Å²) in [5.74, 6) is 0. The molecule has 0 saturated carbocycles. The van der Waals surface area contributed by atoms with Gasteiger partial charge in [-0.05, 0) is 45.5 Å². The third-order valence-electron chi connectivity index (χ3n) is 2.92. The van der Waals surface area contributed by atoms with Gasteiger partial charge in [-0.25, -0.2) is 0 Å². The Labute approximate surface area is 79.6 Å². The lowest BCUT2D eigenvalue weighted by Crippen LogP contribution is -2.54. The molecule has 0 aliphatic carbocycles. The summed E-state index contributed by atoms with van der Waals surface area (Å²) in [6.07, 6.45) is 0. The van der Waals surface area contributed by atoms with Crippen molar-refractivity contribution in [2.75, 3.05) is 7.05 Å². The van der Waals surface area contributed by atoms with Crippen LogP contribution < -0.4 is 5.32 Å². The molecule has 0 spiro atoms. The molecule has 2 nitrogen and oxygen atoms in total. The van der Waals surface area contributed by atoms with Crippen molar-refractivity contribution in [2.45, 2.75) is 33.2 Å². The zero-order chi connectivity index (χ0) is 9.52. The molecule has 0 radical (unpaired) electrons. The molecule has 0 aromatic rings. The molecule has 0 amide bonds. The van der Waals surface area contributed by atoms with Gasteiger partial charge in [0.05, 0.1) is 5.54 Å². The normalized spacial score (nSPS) is 22.8. The summed E-state index contributed by atoms with van der Waals surface area (Å²) < 4.78 is 0. The Hall–Kier alpha value is -0.570. The number of allylic oxidation sites excluding steroid dienone is 1. The van der Waals surface area contributed by atoms with Crippen LogP contribution >= 0.6 is 12.2 Å². The third kappa shape index (κ3) is 1.22. The standard InChI is InChI=1S/C9H16N2S/c1-6-7(2)10-8(12)11(5)9(6,3)4/h1-5H3,(H,10,12). The molecule has 0 unspecified atom stereocenters. The third-order valence-corrected chi connectivity index (χ3v) is 3.29. The van der Waals surface area contributed by atoms with Crippen LogP contribution in [-0.2, 0) is 0 Å². The van der Waals surface area contributed by atoms with E-state index in [9.17, 15) is 0 Å². The van der Waals surface area contributed by atoms with Crippen LogP contribution in [-0.4, -0.2) is 22.6 Å². The molecule has 0 saturated heterocycles. The number of nitrogens with zero attached hydrogens (tertiary/aromatic N) is 1.